The summed E-state index contributed by atoms with van der Waals surface area (Å²) in [6, 6.07) is 26.1. The van der Waals surface area contributed by atoms with Gasteiger partial charge in [-0.25, -0.2) is 0 Å². The molecule has 0 unspecified atom stereocenters. The van der Waals surface area contributed by atoms with Gasteiger partial charge in [-0.05, 0) is 110 Å². The lowest BCUT2D eigenvalue weighted by molar-refractivity contribution is -0.258. The second-order valence-electron chi connectivity index (χ2n) is 16.9. The summed E-state index contributed by atoms with van der Waals surface area (Å²) in [6.07, 6.45) is 11.0. The summed E-state index contributed by atoms with van der Waals surface area (Å²) in [4.78, 5) is 27.3. The van der Waals surface area contributed by atoms with Crippen LogP contribution in [0.25, 0.3) is 10.8 Å². The zero-order chi connectivity index (χ0) is 41.6. The molecule has 3 aliphatic carbocycles. The van der Waals surface area contributed by atoms with Gasteiger partial charge in [-0.2, -0.15) is 0 Å². The molecule has 2 saturated carbocycles. The number of carbonyl (C=O) groups excluding carboxylic acids is 1. The van der Waals surface area contributed by atoms with Gasteiger partial charge in [-0.1, -0.05) is 78.7 Å². The van der Waals surface area contributed by atoms with Gasteiger partial charge in [0.25, 0.3) is 0 Å². The predicted molar refractivity (Wildman–Crippen MR) is 232 cm³/mol. The van der Waals surface area contributed by atoms with E-state index >= 15 is 0 Å². The molecular weight excluding hydrogens is 755 g/mol. The lowest BCUT2D eigenvalue weighted by Gasteiger charge is -2.60. The zero-order valence-corrected chi connectivity index (χ0v) is 35.0. The van der Waals surface area contributed by atoms with Crippen molar-refractivity contribution in [3.05, 3.63) is 126 Å². The third kappa shape index (κ3) is 8.47. The van der Waals surface area contributed by atoms with Crippen LogP contribution >= 0.6 is 0 Å². The van der Waals surface area contributed by atoms with Crippen molar-refractivity contribution in [2.75, 3.05) is 26.9 Å². The van der Waals surface area contributed by atoms with Gasteiger partial charge in [0.15, 0.2) is 0 Å². The number of pyridine rings is 1. The summed E-state index contributed by atoms with van der Waals surface area (Å²) in [5, 5.41) is 26.9. The topological polar surface area (TPSA) is 123 Å². The molecule has 10 nitrogen and oxygen atoms in total. The Balaban J connectivity index is 1.31. The molecule has 0 saturated heterocycles. The Bertz CT molecular complexity index is 2210. The monoisotopic (exact) mass is 813 g/mol. The number of hydrogen-bond donors (Lipinski definition) is 2. The fourth-order valence-electron chi connectivity index (χ4n) is 10.2. The van der Waals surface area contributed by atoms with Crippen LogP contribution in [0.3, 0.4) is 0 Å². The minimum Gasteiger partial charge on any atom is -0.487 e. The fraction of sp³-hybridized carbons (Fsp3) is 0.460. The van der Waals surface area contributed by atoms with Crippen LogP contribution in [0.5, 0.6) is 11.5 Å². The Morgan fingerprint density at radius 2 is 1.78 bits per heavy atom. The van der Waals surface area contributed by atoms with Gasteiger partial charge in [-0.3, -0.25) is 9.78 Å². The molecule has 316 valence electrons. The van der Waals surface area contributed by atoms with Gasteiger partial charge >= 0.3 is 0 Å². The number of benzene rings is 3. The van der Waals surface area contributed by atoms with Crippen LogP contribution in [0.4, 0.5) is 0 Å². The van der Waals surface area contributed by atoms with Crippen molar-refractivity contribution in [1.29, 1.82) is 0 Å². The average Bonchev–Trinajstić information content (AvgIpc) is 4.12. The SMILES string of the molecule is C=CCO[C@@]12Oc3ccc(OCc4cccc(C)n4)cc3[C@H]3[C@H](CCCCO)[C@@H](CCCCO)C=C(C(=NOC)C[C@@H]1N(Cc1cccc4ccccc14)C(=O)C1CC1)[C@H]32. The smallest absolute Gasteiger partial charge is 0.239 e. The van der Waals surface area contributed by atoms with Crippen LogP contribution in [0, 0.1) is 30.6 Å². The first kappa shape index (κ1) is 41.7. The number of fused-ring (bicyclic) bond motifs is 3. The van der Waals surface area contributed by atoms with Crippen LogP contribution < -0.4 is 9.47 Å². The molecule has 2 N–H and O–H groups in total. The number of oxime groups is 1. The van der Waals surface area contributed by atoms with Gasteiger partial charge in [-0.15, -0.1) is 6.58 Å². The number of nitrogens with zero attached hydrogens (tertiary/aromatic N) is 3. The molecule has 0 bridgehead atoms. The highest BCUT2D eigenvalue weighted by molar-refractivity contribution is 6.03. The number of aryl methyl sites for hydroxylation is 1. The Hall–Kier alpha value is -5.03. The highest BCUT2D eigenvalue weighted by atomic mass is 16.7. The molecule has 2 fully saturated rings. The molecule has 0 radical (unpaired) electrons. The van der Waals surface area contributed by atoms with E-state index < -0.39 is 11.8 Å². The van der Waals surface area contributed by atoms with Gasteiger partial charge in [0.05, 0.1) is 23.9 Å². The third-order valence-electron chi connectivity index (χ3n) is 13.0. The molecule has 2 heterocycles. The van der Waals surface area contributed by atoms with Crippen molar-refractivity contribution in [2.45, 2.75) is 95.6 Å². The summed E-state index contributed by atoms with van der Waals surface area (Å²) in [7, 11) is 1.58. The molecule has 0 spiro atoms. The van der Waals surface area contributed by atoms with E-state index in [1.54, 1.807) is 13.2 Å². The van der Waals surface area contributed by atoms with Crippen molar-refractivity contribution in [3.8, 4) is 11.5 Å². The first-order valence-corrected chi connectivity index (χ1v) is 21.8. The molecule has 6 atom stereocenters. The maximum Gasteiger partial charge on any atom is 0.239 e. The van der Waals surface area contributed by atoms with E-state index in [2.05, 4.69) is 54.0 Å². The fourth-order valence-corrected chi connectivity index (χ4v) is 10.2. The molecule has 4 aliphatic rings. The maximum absolute atomic E-state index is 14.9. The van der Waals surface area contributed by atoms with Crippen molar-refractivity contribution < 1.29 is 34.1 Å². The van der Waals surface area contributed by atoms with Crippen LogP contribution in [-0.2, 0) is 27.5 Å². The highest BCUT2D eigenvalue weighted by Crippen LogP contribution is 2.62. The number of hydrogen-bond acceptors (Lipinski definition) is 9. The second-order valence-corrected chi connectivity index (χ2v) is 16.9. The second kappa shape index (κ2) is 18.7. The van der Waals surface area contributed by atoms with Gasteiger partial charge in [0.1, 0.15) is 31.3 Å². The van der Waals surface area contributed by atoms with Crippen LogP contribution in [0.1, 0.15) is 86.2 Å². The lowest BCUT2D eigenvalue weighted by Crippen LogP contribution is -2.70. The molecule has 1 amide bonds. The molecule has 3 aromatic carbocycles. The van der Waals surface area contributed by atoms with Gasteiger partial charge in [0.2, 0.25) is 11.7 Å². The number of rotatable bonds is 19. The molecule has 10 heteroatoms. The van der Waals surface area contributed by atoms with E-state index in [1.165, 1.54) is 0 Å². The summed E-state index contributed by atoms with van der Waals surface area (Å²) >= 11 is 0. The largest absolute Gasteiger partial charge is 0.487 e. The Kier molecular flexibility index (Phi) is 13.0. The van der Waals surface area contributed by atoms with Crippen molar-refractivity contribution in [1.82, 2.24) is 9.88 Å². The Morgan fingerprint density at radius 3 is 2.55 bits per heavy atom. The molecule has 4 aromatic rings. The summed E-state index contributed by atoms with van der Waals surface area (Å²) in [6.45, 7) is 7.20. The van der Waals surface area contributed by atoms with Crippen LogP contribution in [0.15, 0.2) is 108 Å². The number of carbonyl (C=O) groups is 1. The summed E-state index contributed by atoms with van der Waals surface area (Å²) < 4.78 is 21.1. The van der Waals surface area contributed by atoms with Crippen LogP contribution in [-0.4, -0.2) is 70.5 Å². The molecule has 8 rings (SSSR count). The number of allylic oxidation sites excluding steroid dienone is 1. The third-order valence-corrected chi connectivity index (χ3v) is 13.0. The maximum atomic E-state index is 14.9. The normalized spacial score (nSPS) is 24.8. The lowest BCUT2D eigenvalue weighted by atomic mass is 9.55. The van der Waals surface area contributed by atoms with Crippen molar-refractivity contribution >= 4 is 22.4 Å². The molecular formula is C50H59N3O7. The number of ether oxygens (including phenoxy) is 3. The minimum atomic E-state index is -1.32. The van der Waals surface area contributed by atoms with E-state index in [4.69, 9.17) is 24.2 Å². The first-order chi connectivity index (χ1) is 29.4. The standard InChI is InChI=1S/C50H59N3O7/c1-4-27-59-50-46(53(49(56)35-21-22-35)31-37-17-12-16-34-14-5-6-19-40(34)37)30-44(52-57-3)42-28-36(15-7-9-25-54)41(20-8-10-26-55)47(48(42)50)43-29-39(23-24-45(43)60-50)58-32-38-18-11-13-33(2)51-38/h4-6,11-14,16-19,23-24,28-29,35-36,41,46-48,54-55H,1,7-10,15,20-22,25-27,30-32H2,2-3H3/t36-,41+,46-,47+,48+,50+/m0/s1. The number of amides is 1. The van der Waals surface area contributed by atoms with Gasteiger partial charge in [0, 0.05) is 49.3 Å². The van der Waals surface area contributed by atoms with Crippen LogP contribution in [0.2, 0.25) is 0 Å². The Labute approximate surface area is 353 Å². The van der Waals surface area contributed by atoms with Crippen molar-refractivity contribution in [3.63, 3.8) is 0 Å². The zero-order valence-electron chi connectivity index (χ0n) is 35.0. The molecule has 60 heavy (non-hydrogen) atoms. The molecule has 1 aromatic heterocycles. The summed E-state index contributed by atoms with van der Waals surface area (Å²) in [5.41, 5.74) is 5.65. The average molecular weight is 814 g/mol. The number of aromatic nitrogens is 1. The number of aliphatic hydroxyl groups is 2. The predicted octanol–water partition coefficient (Wildman–Crippen LogP) is 8.82. The van der Waals surface area contributed by atoms with Crippen molar-refractivity contribution in [2.24, 2.45) is 28.8 Å². The number of unbranched alkanes of at least 4 members (excludes halogenated alkanes) is 2. The Morgan fingerprint density at radius 1 is 1.00 bits per heavy atom. The summed E-state index contributed by atoms with van der Waals surface area (Å²) in [5.74, 6) is -0.173. The highest BCUT2D eigenvalue weighted by Gasteiger charge is 2.66. The molecule has 1 aliphatic heterocycles. The minimum absolute atomic E-state index is 0.0704. The quantitative estimate of drug-likeness (QED) is 0.0548. The van der Waals surface area contributed by atoms with E-state index in [1.807, 2.05) is 54.3 Å². The number of aliphatic hydroxyl groups excluding tert-OH is 2. The van der Waals surface area contributed by atoms with E-state index in [0.717, 1.165) is 83.1 Å². The van der Waals surface area contributed by atoms with E-state index in [-0.39, 0.29) is 55.3 Å². The van der Waals surface area contributed by atoms with Gasteiger partial charge < -0.3 is 34.2 Å². The van der Waals surface area contributed by atoms with E-state index in [9.17, 15) is 15.0 Å². The van der Waals surface area contributed by atoms with E-state index in [0.29, 0.717) is 43.9 Å². The first-order valence-electron chi connectivity index (χ1n) is 21.8.